The molecule has 0 fully saturated rings. The molecule has 0 aromatic heterocycles. The Bertz CT molecular complexity index is 799. The van der Waals surface area contributed by atoms with E-state index < -0.39 is 11.8 Å². The number of carbonyl (C=O) groups excluding carboxylic acids is 2. The van der Waals surface area contributed by atoms with Crippen LogP contribution < -0.4 is 10.7 Å². The molecule has 0 bridgehead atoms. The number of aryl methyl sites for hydroxylation is 2. The first-order chi connectivity index (χ1) is 11.4. The third-order valence-corrected chi connectivity index (χ3v) is 3.87. The highest BCUT2D eigenvalue weighted by molar-refractivity contribution is 6.40. The van der Waals surface area contributed by atoms with E-state index in [9.17, 15) is 9.59 Å². The summed E-state index contributed by atoms with van der Waals surface area (Å²) in [4.78, 5) is 23.7. The quantitative estimate of drug-likeness (QED) is 0.495. The number of rotatable bonds is 3. The van der Waals surface area contributed by atoms with Gasteiger partial charge in [-0.05, 0) is 43.2 Å². The molecule has 0 aliphatic carbocycles. The predicted molar refractivity (Wildman–Crippen MR) is 96.7 cm³/mol. The fourth-order valence-electron chi connectivity index (χ4n) is 1.89. The Morgan fingerprint density at radius 3 is 2.38 bits per heavy atom. The minimum atomic E-state index is -0.893. The molecule has 0 aliphatic heterocycles. The van der Waals surface area contributed by atoms with Crippen molar-refractivity contribution >= 4 is 46.9 Å². The lowest BCUT2D eigenvalue weighted by Crippen LogP contribution is -2.32. The van der Waals surface area contributed by atoms with E-state index in [1.165, 1.54) is 6.21 Å². The second-order valence-corrected chi connectivity index (χ2v) is 5.92. The highest BCUT2D eigenvalue weighted by Gasteiger charge is 2.14. The van der Waals surface area contributed by atoms with Crippen LogP contribution in [0.2, 0.25) is 10.0 Å². The number of nitrogens with zero attached hydrogens (tertiary/aromatic N) is 1. The summed E-state index contributed by atoms with van der Waals surface area (Å²) in [6, 6.07) is 10.5. The summed E-state index contributed by atoms with van der Waals surface area (Å²) in [5.41, 5.74) is 5.00. The average molecular weight is 364 g/mol. The van der Waals surface area contributed by atoms with Crippen LogP contribution in [0, 0.1) is 13.8 Å². The van der Waals surface area contributed by atoms with Gasteiger partial charge < -0.3 is 5.32 Å². The fraction of sp³-hybridized carbons (Fsp3) is 0.118. The Morgan fingerprint density at radius 1 is 1.04 bits per heavy atom. The van der Waals surface area contributed by atoms with Gasteiger partial charge in [-0.2, -0.15) is 5.10 Å². The molecule has 0 unspecified atom stereocenters. The van der Waals surface area contributed by atoms with Crippen molar-refractivity contribution < 1.29 is 9.59 Å². The minimum Gasteiger partial charge on any atom is -0.317 e. The molecular weight excluding hydrogens is 349 g/mol. The van der Waals surface area contributed by atoms with E-state index in [0.717, 1.165) is 11.1 Å². The molecule has 0 atom stereocenters. The Labute approximate surface area is 149 Å². The summed E-state index contributed by atoms with van der Waals surface area (Å²) in [5, 5.41) is 7.04. The van der Waals surface area contributed by atoms with Crippen LogP contribution in [-0.2, 0) is 9.59 Å². The molecule has 2 aromatic rings. The normalized spacial score (nSPS) is 10.7. The molecule has 0 aliphatic rings. The number of hydrogen-bond donors (Lipinski definition) is 2. The van der Waals surface area contributed by atoms with Crippen LogP contribution in [0.3, 0.4) is 0 Å². The number of amides is 2. The second-order valence-electron chi connectivity index (χ2n) is 5.11. The maximum Gasteiger partial charge on any atom is 0.329 e. The van der Waals surface area contributed by atoms with Crippen molar-refractivity contribution in [2.24, 2.45) is 5.10 Å². The van der Waals surface area contributed by atoms with Gasteiger partial charge in [-0.15, -0.1) is 0 Å². The molecule has 2 amide bonds. The molecular formula is C17H15Cl2N3O2. The molecule has 24 heavy (non-hydrogen) atoms. The molecule has 0 spiro atoms. The highest BCUT2D eigenvalue weighted by atomic mass is 35.5. The van der Waals surface area contributed by atoms with Gasteiger partial charge in [0.2, 0.25) is 0 Å². The van der Waals surface area contributed by atoms with Crippen LogP contribution in [0.25, 0.3) is 0 Å². The number of benzene rings is 2. The van der Waals surface area contributed by atoms with E-state index in [4.69, 9.17) is 23.2 Å². The number of halogens is 2. The lowest BCUT2D eigenvalue weighted by atomic mass is 10.1. The first kappa shape index (κ1) is 18.0. The van der Waals surface area contributed by atoms with Crippen LogP contribution in [0.15, 0.2) is 41.5 Å². The van der Waals surface area contributed by atoms with Crippen molar-refractivity contribution in [1.29, 1.82) is 0 Å². The van der Waals surface area contributed by atoms with Crippen LogP contribution in [0.4, 0.5) is 5.69 Å². The summed E-state index contributed by atoms with van der Waals surface area (Å²) >= 11 is 12.0. The molecule has 5 nitrogen and oxygen atoms in total. The van der Waals surface area contributed by atoms with Crippen molar-refractivity contribution in [3.05, 3.63) is 63.1 Å². The van der Waals surface area contributed by atoms with Crippen molar-refractivity contribution in [3.63, 3.8) is 0 Å². The fourth-order valence-corrected chi connectivity index (χ4v) is 2.38. The van der Waals surface area contributed by atoms with Gasteiger partial charge in [0.25, 0.3) is 0 Å². The smallest absolute Gasteiger partial charge is 0.317 e. The zero-order valence-corrected chi connectivity index (χ0v) is 14.6. The maximum atomic E-state index is 11.9. The summed E-state index contributed by atoms with van der Waals surface area (Å²) < 4.78 is 0. The van der Waals surface area contributed by atoms with E-state index in [-0.39, 0.29) is 0 Å². The largest absolute Gasteiger partial charge is 0.329 e. The van der Waals surface area contributed by atoms with E-state index in [1.807, 2.05) is 26.0 Å². The van der Waals surface area contributed by atoms with Gasteiger partial charge in [-0.1, -0.05) is 41.4 Å². The third kappa shape index (κ3) is 4.57. The van der Waals surface area contributed by atoms with Crippen LogP contribution in [0.5, 0.6) is 0 Å². The molecule has 2 rings (SSSR count). The zero-order valence-electron chi connectivity index (χ0n) is 13.1. The van der Waals surface area contributed by atoms with Gasteiger partial charge >= 0.3 is 11.8 Å². The Hall–Kier alpha value is -2.37. The summed E-state index contributed by atoms with van der Waals surface area (Å²) in [7, 11) is 0. The molecule has 7 heteroatoms. The number of hydrazone groups is 1. The topological polar surface area (TPSA) is 70.6 Å². The van der Waals surface area contributed by atoms with Crippen molar-refractivity contribution in [2.45, 2.75) is 13.8 Å². The van der Waals surface area contributed by atoms with Crippen LogP contribution in [0.1, 0.15) is 16.7 Å². The SMILES string of the molecule is Cc1ccc(C)c(NC(=O)C(=O)NN=Cc2c(Cl)cccc2Cl)c1. The van der Waals surface area contributed by atoms with Gasteiger partial charge in [0.1, 0.15) is 0 Å². The molecule has 0 saturated carbocycles. The minimum absolute atomic E-state index is 0.389. The Balaban J connectivity index is 2.01. The Morgan fingerprint density at radius 2 is 1.71 bits per heavy atom. The monoisotopic (exact) mass is 363 g/mol. The lowest BCUT2D eigenvalue weighted by molar-refractivity contribution is -0.136. The van der Waals surface area contributed by atoms with E-state index in [1.54, 1.807) is 24.3 Å². The maximum absolute atomic E-state index is 11.9. The average Bonchev–Trinajstić information content (AvgIpc) is 2.53. The van der Waals surface area contributed by atoms with Gasteiger partial charge in [0, 0.05) is 11.3 Å². The molecule has 2 N–H and O–H groups in total. The lowest BCUT2D eigenvalue weighted by Gasteiger charge is -2.08. The van der Waals surface area contributed by atoms with Crippen LogP contribution >= 0.6 is 23.2 Å². The zero-order chi connectivity index (χ0) is 17.7. The summed E-state index contributed by atoms with van der Waals surface area (Å²) in [5.74, 6) is -1.71. The van der Waals surface area contributed by atoms with Gasteiger partial charge in [-0.25, -0.2) is 5.43 Å². The van der Waals surface area contributed by atoms with Crippen molar-refractivity contribution in [3.8, 4) is 0 Å². The predicted octanol–water partition coefficient (Wildman–Crippen LogP) is 3.70. The molecule has 124 valence electrons. The number of nitrogens with one attached hydrogen (secondary N) is 2. The van der Waals surface area contributed by atoms with Gasteiger partial charge in [0.15, 0.2) is 0 Å². The molecule has 0 radical (unpaired) electrons. The molecule has 0 heterocycles. The first-order valence-corrected chi connectivity index (χ1v) is 7.79. The molecule has 2 aromatic carbocycles. The number of anilines is 1. The van der Waals surface area contributed by atoms with Crippen LogP contribution in [-0.4, -0.2) is 18.0 Å². The van der Waals surface area contributed by atoms with E-state index >= 15 is 0 Å². The molecule has 0 saturated heterocycles. The standard InChI is InChI=1S/C17H15Cl2N3O2/c1-10-6-7-11(2)15(8-10)21-16(23)17(24)22-20-9-12-13(18)4-3-5-14(12)19/h3-9H,1-2H3,(H,21,23)(H,22,24). The van der Waals surface area contributed by atoms with E-state index in [2.05, 4.69) is 15.8 Å². The summed E-state index contributed by atoms with van der Waals surface area (Å²) in [6.07, 6.45) is 1.29. The number of carbonyl (C=O) groups is 2. The first-order valence-electron chi connectivity index (χ1n) is 7.04. The Kier molecular flexibility index (Phi) is 5.95. The van der Waals surface area contributed by atoms with Crippen molar-refractivity contribution in [1.82, 2.24) is 5.43 Å². The highest BCUT2D eigenvalue weighted by Crippen LogP contribution is 2.22. The van der Waals surface area contributed by atoms with Gasteiger partial charge in [0.05, 0.1) is 16.3 Å². The van der Waals surface area contributed by atoms with Gasteiger partial charge in [-0.3, -0.25) is 9.59 Å². The second kappa shape index (κ2) is 7.95. The summed E-state index contributed by atoms with van der Waals surface area (Å²) in [6.45, 7) is 3.73. The number of hydrogen-bond acceptors (Lipinski definition) is 3. The third-order valence-electron chi connectivity index (χ3n) is 3.21. The van der Waals surface area contributed by atoms with E-state index in [0.29, 0.717) is 21.3 Å². The van der Waals surface area contributed by atoms with Crippen molar-refractivity contribution in [2.75, 3.05) is 5.32 Å².